The summed E-state index contributed by atoms with van der Waals surface area (Å²) in [6.45, 7) is 6.68. The molecule has 6 aliphatic rings. The maximum atomic E-state index is 12.5. The molecule has 0 saturated heterocycles. The number of hydrogen-bond acceptors (Lipinski definition) is 7. The van der Waals surface area contributed by atoms with Gasteiger partial charge in [0, 0.05) is 6.42 Å². The van der Waals surface area contributed by atoms with Crippen LogP contribution in [0.2, 0.25) is 0 Å². The van der Waals surface area contributed by atoms with Gasteiger partial charge in [0.05, 0.1) is 25.7 Å². The Morgan fingerprint density at radius 3 is 1.65 bits per heavy atom. The minimum absolute atomic E-state index is 0.0194. The van der Waals surface area contributed by atoms with Gasteiger partial charge in [-0.2, -0.15) is 0 Å². The molecule has 6 rings (SSSR count). The number of carbonyl (C=O) groups is 2. The van der Waals surface area contributed by atoms with E-state index in [4.69, 9.17) is 14.2 Å². The highest BCUT2D eigenvalue weighted by Gasteiger charge is 3.04. The van der Waals surface area contributed by atoms with Gasteiger partial charge in [0.2, 0.25) is 0 Å². The van der Waals surface area contributed by atoms with Crippen molar-refractivity contribution in [3.05, 3.63) is 0 Å². The minimum atomic E-state index is -0.687. The molecule has 318 valence electrons. The van der Waals surface area contributed by atoms with E-state index in [1.54, 1.807) is 0 Å². The number of ether oxygens (including phenoxy) is 3. The zero-order valence-electron chi connectivity index (χ0n) is 36.1. The molecule has 2 unspecified atom stereocenters. The molecule has 0 spiro atoms. The summed E-state index contributed by atoms with van der Waals surface area (Å²) in [5.74, 6) is 7.77. The van der Waals surface area contributed by atoms with Crippen LogP contribution in [0.4, 0.5) is 0 Å². The molecular weight excluding hydrogens is 687 g/mol. The predicted molar refractivity (Wildman–Crippen MR) is 222 cm³/mol. The lowest BCUT2D eigenvalue weighted by atomic mass is 8.96. The van der Waals surface area contributed by atoms with Crippen LogP contribution in [-0.2, 0) is 23.8 Å². The number of aliphatic hydroxyl groups is 1. The Hall–Kier alpha value is -1.18. The molecule has 7 heteroatoms. The Balaban J connectivity index is 0.847. The molecule has 7 nitrogen and oxygen atoms in total. The third-order valence-corrected chi connectivity index (χ3v) is 15.4. The van der Waals surface area contributed by atoms with Crippen molar-refractivity contribution in [2.45, 2.75) is 206 Å². The first-order valence-electron chi connectivity index (χ1n) is 24.1. The molecule has 6 saturated carbocycles. The normalized spacial score (nSPS) is 28.5. The fourth-order valence-electron chi connectivity index (χ4n) is 12.6. The van der Waals surface area contributed by atoms with Crippen LogP contribution in [-0.4, -0.2) is 68.2 Å². The van der Waals surface area contributed by atoms with Crippen LogP contribution in [0.25, 0.3) is 0 Å². The number of nitrogens with zero attached hydrogens (tertiary/aromatic N) is 1. The first kappa shape index (κ1) is 44.9. The molecule has 0 amide bonds. The van der Waals surface area contributed by atoms with Crippen molar-refractivity contribution in [3.63, 3.8) is 0 Å². The highest BCUT2D eigenvalue weighted by Crippen LogP contribution is 3.06. The van der Waals surface area contributed by atoms with Crippen molar-refractivity contribution in [3.8, 4) is 0 Å². The number of carbonyl (C=O) groups excluding carboxylic acids is 2. The first-order valence-corrected chi connectivity index (χ1v) is 24.1. The van der Waals surface area contributed by atoms with Crippen molar-refractivity contribution < 1.29 is 28.9 Å². The number of rotatable bonds is 38. The Labute approximate surface area is 337 Å². The highest BCUT2D eigenvalue weighted by molar-refractivity contribution is 5.73. The molecule has 0 aliphatic heterocycles. The van der Waals surface area contributed by atoms with Gasteiger partial charge in [0.25, 0.3) is 0 Å². The summed E-state index contributed by atoms with van der Waals surface area (Å²) in [7, 11) is 4.13. The average molecular weight is 772 g/mol. The van der Waals surface area contributed by atoms with Gasteiger partial charge in [-0.15, -0.1) is 0 Å². The Morgan fingerprint density at radius 2 is 1.07 bits per heavy atom. The van der Waals surface area contributed by atoms with Crippen LogP contribution in [0.15, 0.2) is 0 Å². The molecular formula is C48H85NO6. The molecule has 0 aromatic rings. The molecule has 0 bridgehead atoms. The summed E-state index contributed by atoms with van der Waals surface area (Å²) in [4.78, 5) is 27.1. The van der Waals surface area contributed by atoms with Crippen molar-refractivity contribution in [1.82, 2.24) is 4.90 Å². The molecule has 0 radical (unpaired) electrons. The number of aliphatic hydroxyl groups excluding tert-OH is 1. The van der Waals surface area contributed by atoms with Gasteiger partial charge in [-0.3, -0.25) is 9.59 Å². The third kappa shape index (κ3) is 11.7. The smallest absolute Gasteiger partial charge is 0.306 e. The summed E-state index contributed by atoms with van der Waals surface area (Å²) < 4.78 is 17.6. The maximum Gasteiger partial charge on any atom is 0.306 e. The average Bonchev–Trinajstić information content (AvgIpc) is 3.16. The van der Waals surface area contributed by atoms with Crippen molar-refractivity contribution in [2.75, 3.05) is 33.9 Å². The molecule has 0 aromatic heterocycles. The summed E-state index contributed by atoms with van der Waals surface area (Å²) in [6, 6.07) is 0. The van der Waals surface area contributed by atoms with E-state index in [0.717, 1.165) is 131 Å². The van der Waals surface area contributed by atoms with Gasteiger partial charge in [-0.05, 0) is 118 Å². The van der Waals surface area contributed by atoms with Gasteiger partial charge in [-0.25, -0.2) is 0 Å². The quantitative estimate of drug-likeness (QED) is 0.0380. The molecule has 0 heterocycles. The largest absolute Gasteiger partial charge is 0.466 e. The number of unbranched alkanes of at least 4 members (excludes halogenated alkanes) is 15. The van der Waals surface area contributed by atoms with E-state index < -0.39 is 6.29 Å². The zero-order valence-corrected chi connectivity index (χ0v) is 36.1. The summed E-state index contributed by atoms with van der Waals surface area (Å²) >= 11 is 0. The lowest BCUT2D eigenvalue weighted by Crippen LogP contribution is -3.05. The molecule has 6 fully saturated rings. The molecule has 0 aromatic carbocycles. The summed E-state index contributed by atoms with van der Waals surface area (Å²) in [5.41, 5.74) is 0.441. The van der Waals surface area contributed by atoms with Crippen LogP contribution < -0.4 is 0 Å². The van der Waals surface area contributed by atoms with Crippen molar-refractivity contribution >= 4 is 11.9 Å². The monoisotopic (exact) mass is 772 g/mol. The Kier molecular flexibility index (Phi) is 19.1. The molecule has 2 atom stereocenters. The van der Waals surface area contributed by atoms with E-state index in [9.17, 15) is 14.7 Å². The van der Waals surface area contributed by atoms with Gasteiger partial charge in [0.1, 0.15) is 0 Å². The fraction of sp³-hybridized carbons (Fsp3) is 0.958. The first-order chi connectivity index (χ1) is 26.8. The van der Waals surface area contributed by atoms with Crippen LogP contribution in [0, 0.1) is 52.8 Å². The van der Waals surface area contributed by atoms with E-state index >= 15 is 0 Å². The predicted octanol–water partition coefficient (Wildman–Crippen LogP) is 11.3. The number of esters is 2. The van der Waals surface area contributed by atoms with E-state index in [0.29, 0.717) is 37.4 Å². The van der Waals surface area contributed by atoms with Crippen molar-refractivity contribution in [1.29, 1.82) is 0 Å². The Morgan fingerprint density at radius 1 is 0.564 bits per heavy atom. The summed E-state index contributed by atoms with van der Waals surface area (Å²) in [6.07, 6.45) is 30.5. The maximum absolute atomic E-state index is 12.5. The lowest BCUT2D eigenvalue weighted by Gasteiger charge is -3.07. The third-order valence-electron chi connectivity index (χ3n) is 15.4. The van der Waals surface area contributed by atoms with Gasteiger partial charge in [0.15, 0.2) is 6.29 Å². The number of hydrogen-bond donors (Lipinski definition) is 1. The van der Waals surface area contributed by atoms with Crippen LogP contribution in [0.3, 0.4) is 0 Å². The van der Waals surface area contributed by atoms with Crippen LogP contribution >= 0.6 is 0 Å². The van der Waals surface area contributed by atoms with Gasteiger partial charge in [-0.1, -0.05) is 136 Å². The zero-order chi connectivity index (χ0) is 39.0. The minimum Gasteiger partial charge on any atom is -0.466 e. The second-order valence-corrected chi connectivity index (χ2v) is 19.3. The van der Waals surface area contributed by atoms with E-state index in [1.165, 1.54) is 83.5 Å². The molecule has 1 N–H and O–H groups in total. The topological polar surface area (TPSA) is 85.3 Å². The highest BCUT2D eigenvalue weighted by atomic mass is 16.6. The van der Waals surface area contributed by atoms with Crippen LogP contribution in [0.1, 0.15) is 194 Å². The lowest BCUT2D eigenvalue weighted by molar-refractivity contribution is -0.613. The second-order valence-electron chi connectivity index (χ2n) is 19.3. The SMILES string of the molecule is CCCCCCC(CCCCCC)CCOC(=O)CCCCCCCC(CCCCCCCCOC(=O)CC12C3C4C5C3C1C5C42)OC(O)CCCN(C)C. The fourth-order valence-corrected chi connectivity index (χ4v) is 12.6. The van der Waals surface area contributed by atoms with Crippen LogP contribution in [0.5, 0.6) is 0 Å². The standard InChI is InChI=1S/C48H85NO6/c1-5-7-9-18-25-36(26-19-10-8-6-2)31-34-54-38(50)29-22-16-13-15-21-28-37(55-39(51)30-24-32-49(3)4)27-20-14-11-12-17-23-33-53-40(52)35-48-45-42-41-43(45)47(48)44(41)46(42)48/h36-37,39,41-47,51H,5-35H2,1-4H3. The van der Waals surface area contributed by atoms with Gasteiger partial charge < -0.3 is 24.2 Å². The summed E-state index contributed by atoms with van der Waals surface area (Å²) in [5, 5.41) is 10.6. The van der Waals surface area contributed by atoms with Gasteiger partial charge >= 0.3 is 11.9 Å². The molecule has 55 heavy (non-hydrogen) atoms. The Bertz CT molecular complexity index is 1050. The molecule has 6 aliphatic carbocycles. The van der Waals surface area contributed by atoms with E-state index in [1.807, 2.05) is 0 Å². The second kappa shape index (κ2) is 23.4. The van der Waals surface area contributed by atoms with E-state index in [-0.39, 0.29) is 18.0 Å². The van der Waals surface area contributed by atoms with E-state index in [2.05, 4.69) is 32.8 Å². The van der Waals surface area contributed by atoms with Crippen molar-refractivity contribution in [2.24, 2.45) is 52.8 Å².